The van der Waals surface area contributed by atoms with Crippen molar-refractivity contribution < 1.29 is 28.6 Å². The molecule has 0 aromatic carbocycles. The molecule has 0 aromatic heterocycles. The fraction of sp³-hybridized carbons (Fsp3) is 0.754. The molecule has 0 fully saturated rings. The SMILES string of the molecule is CCCCC/C=C\C/C=C\C/C=C\CCCCCCC(=O)OC[C@H](COC(=O)CCCCCCC/C=C\CCCCCCCC)OC(=O)CCCCCCCCC/C=C\C/C=C\CCCCC. The summed E-state index contributed by atoms with van der Waals surface area (Å²) >= 11 is 0. The molecule has 0 heterocycles. The number of ether oxygens (including phenoxy) is 3. The lowest BCUT2D eigenvalue weighted by atomic mass is 10.1. The minimum Gasteiger partial charge on any atom is -0.462 e. The van der Waals surface area contributed by atoms with E-state index >= 15 is 0 Å². The van der Waals surface area contributed by atoms with E-state index in [0.717, 1.165) is 103 Å². The smallest absolute Gasteiger partial charge is 0.306 e. The van der Waals surface area contributed by atoms with Crippen LogP contribution in [-0.4, -0.2) is 37.2 Å². The van der Waals surface area contributed by atoms with Crippen LogP contribution in [0.2, 0.25) is 0 Å². The molecule has 0 bridgehead atoms. The zero-order valence-electron chi connectivity index (χ0n) is 44.2. The van der Waals surface area contributed by atoms with Gasteiger partial charge in [-0.3, -0.25) is 14.4 Å². The maximum Gasteiger partial charge on any atom is 0.306 e. The number of hydrogen-bond acceptors (Lipinski definition) is 6. The summed E-state index contributed by atoms with van der Waals surface area (Å²) < 4.78 is 16.8. The van der Waals surface area contributed by atoms with Crippen LogP contribution in [-0.2, 0) is 28.6 Å². The lowest BCUT2D eigenvalue weighted by Crippen LogP contribution is -2.30. The van der Waals surface area contributed by atoms with Gasteiger partial charge in [-0.1, -0.05) is 216 Å². The van der Waals surface area contributed by atoms with Gasteiger partial charge in [0.2, 0.25) is 0 Å². The highest BCUT2D eigenvalue weighted by Crippen LogP contribution is 2.14. The number of carbonyl (C=O) groups excluding carboxylic acids is 3. The number of unbranched alkanes of at least 4 members (excludes halogenated alkanes) is 28. The normalized spacial score (nSPS) is 12.6. The second-order valence-electron chi connectivity index (χ2n) is 18.8. The van der Waals surface area contributed by atoms with Crippen molar-refractivity contribution in [2.75, 3.05) is 13.2 Å². The van der Waals surface area contributed by atoms with Crippen molar-refractivity contribution in [1.29, 1.82) is 0 Å². The van der Waals surface area contributed by atoms with Crippen LogP contribution in [0, 0.1) is 0 Å². The standard InChI is InChI=1S/C61H106O6/c1-4-7-10-13-16-19-22-25-28-30-33-36-39-42-45-48-51-54-60(63)66-57-58(56-65-59(62)53-50-47-44-41-38-35-32-27-24-21-18-15-12-9-6-3)67-61(64)55-52-49-46-43-40-37-34-31-29-26-23-20-17-14-11-8-5-2/h16-17,19-20,25-29,32-33,36,58H,4-15,18,21-24,30-31,34-35,37-57H2,1-3H3/b19-16-,20-17-,28-25-,29-26-,32-27-,36-33-/t58-/m0/s1. The Labute approximate surface area is 414 Å². The lowest BCUT2D eigenvalue weighted by Gasteiger charge is -2.18. The first-order valence-corrected chi connectivity index (χ1v) is 28.4. The number of hydrogen-bond donors (Lipinski definition) is 0. The summed E-state index contributed by atoms with van der Waals surface area (Å²) in [6.45, 7) is 6.56. The van der Waals surface area contributed by atoms with E-state index in [2.05, 4.69) is 93.7 Å². The Morgan fingerprint density at radius 1 is 0.299 bits per heavy atom. The van der Waals surface area contributed by atoms with Crippen LogP contribution in [0.4, 0.5) is 0 Å². The zero-order chi connectivity index (χ0) is 48.6. The molecule has 0 unspecified atom stereocenters. The Balaban J connectivity index is 4.45. The third-order valence-electron chi connectivity index (χ3n) is 12.2. The molecule has 0 saturated carbocycles. The summed E-state index contributed by atoms with van der Waals surface area (Å²) in [5, 5.41) is 0. The Morgan fingerprint density at radius 2 is 0.537 bits per heavy atom. The second-order valence-corrected chi connectivity index (χ2v) is 18.8. The highest BCUT2D eigenvalue weighted by Gasteiger charge is 2.19. The Morgan fingerprint density at radius 3 is 0.881 bits per heavy atom. The zero-order valence-corrected chi connectivity index (χ0v) is 44.2. The van der Waals surface area contributed by atoms with Gasteiger partial charge in [-0.2, -0.15) is 0 Å². The molecule has 386 valence electrons. The summed E-state index contributed by atoms with van der Waals surface area (Å²) in [7, 11) is 0. The molecule has 0 amide bonds. The first-order valence-electron chi connectivity index (χ1n) is 28.4. The highest BCUT2D eigenvalue weighted by atomic mass is 16.6. The molecular weight excluding hydrogens is 829 g/mol. The van der Waals surface area contributed by atoms with Gasteiger partial charge in [-0.15, -0.1) is 0 Å². The van der Waals surface area contributed by atoms with Crippen molar-refractivity contribution in [3.63, 3.8) is 0 Å². The molecule has 0 aromatic rings. The molecule has 0 aliphatic heterocycles. The number of rotatable bonds is 51. The first-order chi connectivity index (χ1) is 33.0. The van der Waals surface area contributed by atoms with Gasteiger partial charge in [-0.25, -0.2) is 0 Å². The lowest BCUT2D eigenvalue weighted by molar-refractivity contribution is -0.167. The van der Waals surface area contributed by atoms with Crippen molar-refractivity contribution in [3.8, 4) is 0 Å². The minimum absolute atomic E-state index is 0.0899. The number of allylic oxidation sites excluding steroid dienone is 12. The molecule has 0 saturated heterocycles. The van der Waals surface area contributed by atoms with Gasteiger partial charge in [0.1, 0.15) is 13.2 Å². The van der Waals surface area contributed by atoms with Crippen LogP contribution in [0.1, 0.15) is 278 Å². The van der Waals surface area contributed by atoms with Crippen LogP contribution in [0.15, 0.2) is 72.9 Å². The van der Waals surface area contributed by atoms with E-state index < -0.39 is 6.10 Å². The van der Waals surface area contributed by atoms with Gasteiger partial charge in [0.05, 0.1) is 0 Å². The summed E-state index contributed by atoms with van der Waals surface area (Å²) in [4.78, 5) is 38.1. The quantitative estimate of drug-likeness (QED) is 0.0262. The molecule has 6 nitrogen and oxygen atoms in total. The molecule has 0 radical (unpaired) electrons. The maximum atomic E-state index is 12.8. The van der Waals surface area contributed by atoms with Crippen molar-refractivity contribution in [1.82, 2.24) is 0 Å². The average molecular weight is 936 g/mol. The van der Waals surface area contributed by atoms with Gasteiger partial charge in [0.25, 0.3) is 0 Å². The highest BCUT2D eigenvalue weighted by molar-refractivity contribution is 5.71. The van der Waals surface area contributed by atoms with Gasteiger partial charge in [0, 0.05) is 19.3 Å². The monoisotopic (exact) mass is 935 g/mol. The van der Waals surface area contributed by atoms with Crippen molar-refractivity contribution in [3.05, 3.63) is 72.9 Å². The van der Waals surface area contributed by atoms with Crippen molar-refractivity contribution in [2.24, 2.45) is 0 Å². The van der Waals surface area contributed by atoms with Crippen LogP contribution < -0.4 is 0 Å². The van der Waals surface area contributed by atoms with Crippen LogP contribution in [0.5, 0.6) is 0 Å². The number of carbonyl (C=O) groups is 3. The van der Waals surface area contributed by atoms with Crippen LogP contribution in [0.3, 0.4) is 0 Å². The summed E-state index contributed by atoms with van der Waals surface area (Å²) in [6.07, 6.45) is 70.2. The Kier molecular flexibility index (Phi) is 52.8. The summed E-state index contributed by atoms with van der Waals surface area (Å²) in [6, 6.07) is 0. The topological polar surface area (TPSA) is 78.9 Å². The van der Waals surface area contributed by atoms with Gasteiger partial charge >= 0.3 is 17.9 Å². The predicted molar refractivity (Wildman–Crippen MR) is 288 cm³/mol. The third kappa shape index (κ3) is 53.7. The Bertz CT molecular complexity index is 1260. The van der Waals surface area contributed by atoms with Crippen LogP contribution in [0.25, 0.3) is 0 Å². The molecule has 1 atom stereocenters. The maximum absolute atomic E-state index is 12.8. The molecule has 0 N–H and O–H groups in total. The van der Waals surface area contributed by atoms with E-state index in [4.69, 9.17) is 14.2 Å². The first kappa shape index (κ1) is 63.8. The van der Waals surface area contributed by atoms with Gasteiger partial charge in [-0.05, 0) is 116 Å². The van der Waals surface area contributed by atoms with E-state index in [1.807, 2.05) is 0 Å². The molecule has 6 heteroatoms. The minimum atomic E-state index is -0.793. The van der Waals surface area contributed by atoms with E-state index in [-0.39, 0.29) is 31.1 Å². The third-order valence-corrected chi connectivity index (χ3v) is 12.2. The van der Waals surface area contributed by atoms with E-state index in [0.29, 0.717) is 19.3 Å². The molecule has 67 heavy (non-hydrogen) atoms. The molecular formula is C61H106O6. The van der Waals surface area contributed by atoms with E-state index in [1.165, 1.54) is 135 Å². The number of esters is 3. The summed E-state index contributed by atoms with van der Waals surface area (Å²) in [5.41, 5.74) is 0. The molecule has 0 spiro atoms. The van der Waals surface area contributed by atoms with E-state index in [1.54, 1.807) is 0 Å². The average Bonchev–Trinajstić information content (AvgIpc) is 3.33. The fourth-order valence-electron chi connectivity index (χ4n) is 7.83. The summed E-state index contributed by atoms with van der Waals surface area (Å²) in [5.74, 6) is -0.921. The van der Waals surface area contributed by atoms with Crippen molar-refractivity contribution in [2.45, 2.75) is 284 Å². The largest absolute Gasteiger partial charge is 0.462 e. The fourth-order valence-corrected chi connectivity index (χ4v) is 7.83. The van der Waals surface area contributed by atoms with Gasteiger partial charge < -0.3 is 14.2 Å². The van der Waals surface area contributed by atoms with E-state index in [9.17, 15) is 14.4 Å². The van der Waals surface area contributed by atoms with Gasteiger partial charge in [0.15, 0.2) is 6.10 Å². The molecule has 0 rings (SSSR count). The van der Waals surface area contributed by atoms with Crippen LogP contribution >= 0.6 is 0 Å². The predicted octanol–water partition coefficient (Wildman–Crippen LogP) is 19.0. The second kappa shape index (κ2) is 55.4. The molecule has 0 aliphatic carbocycles. The molecule has 0 aliphatic rings. The van der Waals surface area contributed by atoms with Crippen molar-refractivity contribution >= 4 is 17.9 Å². The Hall–Kier alpha value is -3.15.